The summed E-state index contributed by atoms with van der Waals surface area (Å²) in [5, 5.41) is 22.5. The molecule has 1 amide bonds. The van der Waals surface area contributed by atoms with E-state index in [4.69, 9.17) is 5.11 Å². The average Bonchev–Trinajstić information content (AvgIpc) is 2.60. The maximum atomic E-state index is 12.6. The molecular formula is C18H19BrN2O5. The molecule has 1 atom stereocenters. The minimum atomic E-state index is -0.930. The van der Waals surface area contributed by atoms with Crippen LogP contribution < -0.4 is 5.32 Å². The lowest BCUT2D eigenvalue weighted by Crippen LogP contribution is -2.28. The third-order valence-corrected chi connectivity index (χ3v) is 4.93. The number of hydrogen-bond acceptors (Lipinski definition) is 4. The highest BCUT2D eigenvalue weighted by atomic mass is 79.9. The van der Waals surface area contributed by atoms with E-state index in [-0.39, 0.29) is 30.2 Å². The molecular weight excluding hydrogens is 404 g/mol. The van der Waals surface area contributed by atoms with E-state index >= 15 is 0 Å². The quantitative estimate of drug-likeness (QED) is 0.518. The van der Waals surface area contributed by atoms with E-state index in [1.54, 1.807) is 24.3 Å². The van der Waals surface area contributed by atoms with E-state index in [1.807, 2.05) is 6.92 Å². The van der Waals surface area contributed by atoms with Crippen molar-refractivity contribution in [3.05, 3.63) is 67.2 Å². The van der Waals surface area contributed by atoms with E-state index in [1.165, 1.54) is 6.08 Å². The van der Waals surface area contributed by atoms with Crippen LogP contribution in [0.3, 0.4) is 0 Å². The molecule has 1 aliphatic rings. The summed E-state index contributed by atoms with van der Waals surface area (Å²) in [6.45, 7) is 2.04. The van der Waals surface area contributed by atoms with Gasteiger partial charge in [-0.2, -0.15) is 0 Å². The summed E-state index contributed by atoms with van der Waals surface area (Å²) in [5.74, 6) is -1.27. The van der Waals surface area contributed by atoms with Crippen molar-refractivity contribution in [3.63, 3.8) is 0 Å². The van der Waals surface area contributed by atoms with Crippen molar-refractivity contribution in [1.29, 1.82) is 0 Å². The lowest BCUT2D eigenvalue weighted by molar-refractivity contribution is -0.508. The van der Waals surface area contributed by atoms with E-state index in [0.717, 1.165) is 10.0 Å². The first-order chi connectivity index (χ1) is 12.3. The highest BCUT2D eigenvalue weighted by Crippen LogP contribution is 2.23. The highest BCUT2D eigenvalue weighted by Gasteiger charge is 2.20. The summed E-state index contributed by atoms with van der Waals surface area (Å²) >= 11 is 3.39. The summed E-state index contributed by atoms with van der Waals surface area (Å²) in [4.78, 5) is 33.9. The fraction of sp³-hybridized carbons (Fsp3) is 0.333. The Morgan fingerprint density at radius 1 is 1.42 bits per heavy atom. The largest absolute Gasteiger partial charge is 0.481 e. The van der Waals surface area contributed by atoms with Gasteiger partial charge in [-0.1, -0.05) is 34.1 Å². The molecule has 0 fully saturated rings. The zero-order chi connectivity index (χ0) is 19.3. The molecule has 1 aromatic carbocycles. The predicted molar refractivity (Wildman–Crippen MR) is 99.8 cm³/mol. The summed E-state index contributed by atoms with van der Waals surface area (Å²) in [6, 6.07) is 2.70. The summed E-state index contributed by atoms with van der Waals surface area (Å²) in [5.41, 5.74) is 2.63. The molecule has 0 aromatic heterocycles. The molecule has 7 nitrogen and oxygen atoms in total. The number of nitrogens with zero attached hydrogens (tertiary/aromatic N) is 1. The van der Waals surface area contributed by atoms with Gasteiger partial charge in [-0.3, -0.25) is 19.7 Å². The van der Waals surface area contributed by atoms with Crippen LogP contribution in [0, 0.1) is 17.0 Å². The number of halogens is 1. The lowest BCUT2D eigenvalue weighted by Gasteiger charge is -2.14. The summed E-state index contributed by atoms with van der Waals surface area (Å²) in [6.07, 6.45) is 5.54. The number of benzene rings is 1. The van der Waals surface area contributed by atoms with Crippen molar-refractivity contribution >= 4 is 27.8 Å². The molecule has 138 valence electrons. The number of carbonyl (C=O) groups excluding carboxylic acids is 1. The minimum Gasteiger partial charge on any atom is -0.481 e. The highest BCUT2D eigenvalue weighted by molar-refractivity contribution is 9.10. The van der Waals surface area contributed by atoms with Crippen molar-refractivity contribution in [2.24, 2.45) is 0 Å². The van der Waals surface area contributed by atoms with Gasteiger partial charge < -0.3 is 10.4 Å². The zero-order valence-corrected chi connectivity index (χ0v) is 15.8. The second-order valence-electron chi connectivity index (χ2n) is 6.07. The van der Waals surface area contributed by atoms with Crippen molar-refractivity contribution in [3.8, 4) is 0 Å². The normalized spacial score (nSPS) is 16.1. The standard InChI is InChI=1S/C18H19BrN2O5/c1-11-7-13(5-6-17(22)23)15(9-16(11)19)18(24)20-10-12-3-2-4-14(8-12)21(25)26/h2-3,7-9,14H,4-6,10H2,1H3,(H,20,24)(H,22,23). The molecule has 1 unspecified atom stereocenters. The Hall–Kier alpha value is -2.48. The molecule has 1 aromatic rings. The van der Waals surface area contributed by atoms with Crippen LogP contribution in [0.5, 0.6) is 0 Å². The third kappa shape index (κ3) is 5.26. The number of carboxylic acid groups (broad SMARTS) is 1. The Balaban J connectivity index is 2.13. The number of nitro groups is 1. The monoisotopic (exact) mass is 422 g/mol. The number of aryl methyl sites for hydroxylation is 2. The Kier molecular flexibility index (Phi) is 6.68. The van der Waals surface area contributed by atoms with Gasteiger partial charge in [0.05, 0.1) is 0 Å². The molecule has 0 bridgehead atoms. The Labute approximate surface area is 159 Å². The molecule has 8 heteroatoms. The van der Waals surface area contributed by atoms with Crippen LogP contribution in [0.1, 0.15) is 34.3 Å². The fourth-order valence-electron chi connectivity index (χ4n) is 2.67. The molecule has 0 aliphatic heterocycles. The number of rotatable bonds is 7. The smallest absolute Gasteiger partial charge is 0.303 e. The molecule has 2 rings (SSSR count). The minimum absolute atomic E-state index is 0.0697. The second kappa shape index (κ2) is 8.75. The van der Waals surface area contributed by atoms with Crippen molar-refractivity contribution < 1.29 is 19.6 Å². The second-order valence-corrected chi connectivity index (χ2v) is 6.92. The molecule has 0 saturated carbocycles. The van der Waals surface area contributed by atoms with Crippen molar-refractivity contribution in [1.82, 2.24) is 5.32 Å². The molecule has 1 aliphatic carbocycles. The van der Waals surface area contributed by atoms with Crippen LogP contribution in [-0.4, -0.2) is 34.5 Å². The van der Waals surface area contributed by atoms with Crippen LogP contribution >= 0.6 is 15.9 Å². The molecule has 0 saturated heterocycles. The van der Waals surface area contributed by atoms with Crippen LogP contribution in [0.4, 0.5) is 0 Å². The molecule has 26 heavy (non-hydrogen) atoms. The number of amides is 1. The number of aliphatic carboxylic acids is 1. The molecule has 0 spiro atoms. The van der Waals surface area contributed by atoms with Gasteiger partial charge in [0.2, 0.25) is 6.04 Å². The fourth-order valence-corrected chi connectivity index (χ4v) is 3.02. The van der Waals surface area contributed by atoms with E-state index in [9.17, 15) is 19.7 Å². The van der Waals surface area contributed by atoms with Gasteiger partial charge in [-0.15, -0.1) is 0 Å². The van der Waals surface area contributed by atoms with E-state index < -0.39 is 12.0 Å². The molecule has 2 N–H and O–H groups in total. The number of carbonyl (C=O) groups is 2. The maximum absolute atomic E-state index is 12.6. The van der Waals surface area contributed by atoms with E-state index in [2.05, 4.69) is 21.2 Å². The first-order valence-corrected chi connectivity index (χ1v) is 8.87. The number of nitrogens with one attached hydrogen (secondary N) is 1. The van der Waals surface area contributed by atoms with Gasteiger partial charge >= 0.3 is 5.97 Å². The molecule has 0 heterocycles. The number of hydrogen-bond donors (Lipinski definition) is 2. The van der Waals surface area contributed by atoms with Crippen molar-refractivity contribution in [2.75, 3.05) is 6.54 Å². The first-order valence-electron chi connectivity index (χ1n) is 8.07. The Bertz CT molecular complexity index is 801. The zero-order valence-electron chi connectivity index (χ0n) is 14.2. The van der Waals surface area contributed by atoms with Gasteiger partial charge in [0, 0.05) is 34.3 Å². The SMILES string of the molecule is Cc1cc(CCC(=O)O)c(C(=O)NCC2=CC([N+](=O)[O-])CC=C2)cc1Br. The van der Waals surface area contributed by atoms with Crippen LogP contribution in [-0.2, 0) is 11.2 Å². The van der Waals surface area contributed by atoms with Crippen LogP contribution in [0.25, 0.3) is 0 Å². The summed E-state index contributed by atoms with van der Waals surface area (Å²) in [7, 11) is 0. The Morgan fingerprint density at radius 3 is 2.81 bits per heavy atom. The predicted octanol–water partition coefficient (Wildman–Crippen LogP) is 3.04. The maximum Gasteiger partial charge on any atom is 0.303 e. The van der Waals surface area contributed by atoms with Gasteiger partial charge in [0.25, 0.3) is 5.91 Å². The van der Waals surface area contributed by atoms with E-state index in [0.29, 0.717) is 23.1 Å². The number of carboxylic acids is 1. The van der Waals surface area contributed by atoms with Crippen molar-refractivity contribution in [2.45, 2.75) is 32.2 Å². The lowest BCUT2D eigenvalue weighted by atomic mass is 9.99. The van der Waals surface area contributed by atoms with Crippen LogP contribution in [0.15, 0.2) is 40.4 Å². The molecule has 0 radical (unpaired) electrons. The third-order valence-electron chi connectivity index (χ3n) is 4.08. The topological polar surface area (TPSA) is 110 Å². The van der Waals surface area contributed by atoms with Crippen LogP contribution in [0.2, 0.25) is 0 Å². The van der Waals surface area contributed by atoms with Gasteiger partial charge in [0.15, 0.2) is 0 Å². The van der Waals surface area contributed by atoms with Gasteiger partial charge in [-0.05, 0) is 42.2 Å². The average molecular weight is 423 g/mol. The Morgan fingerprint density at radius 2 is 2.15 bits per heavy atom. The van der Waals surface area contributed by atoms with Gasteiger partial charge in [-0.25, -0.2) is 0 Å². The first kappa shape index (κ1) is 19.8. The summed E-state index contributed by atoms with van der Waals surface area (Å²) < 4.78 is 0.756. The van der Waals surface area contributed by atoms with Gasteiger partial charge in [0.1, 0.15) is 0 Å².